The molecule has 1 aliphatic heterocycles. The fourth-order valence-corrected chi connectivity index (χ4v) is 6.00. The van der Waals surface area contributed by atoms with Gasteiger partial charge in [0.2, 0.25) is 5.91 Å². The van der Waals surface area contributed by atoms with E-state index in [-0.39, 0.29) is 33.8 Å². The first kappa shape index (κ1) is 28.4. The summed E-state index contributed by atoms with van der Waals surface area (Å²) < 4.78 is 16.6. The second-order valence-corrected chi connectivity index (χ2v) is 10.6. The molecule has 212 valence electrons. The monoisotopic (exact) mass is 574 g/mol. The molecule has 0 aliphatic carbocycles. The molecular formula is C32H32ClFN4O3. The summed E-state index contributed by atoms with van der Waals surface area (Å²) in [5.74, 6) is -0.591. The van der Waals surface area contributed by atoms with Crippen molar-refractivity contribution in [1.29, 1.82) is 0 Å². The van der Waals surface area contributed by atoms with Gasteiger partial charge >= 0.3 is 5.69 Å². The molecule has 3 aromatic carbocycles. The zero-order chi connectivity index (χ0) is 29.4. The van der Waals surface area contributed by atoms with E-state index in [1.54, 1.807) is 21.6 Å². The van der Waals surface area contributed by atoms with Crippen molar-refractivity contribution in [2.75, 3.05) is 24.5 Å². The van der Waals surface area contributed by atoms with E-state index < -0.39 is 11.5 Å². The quantitative estimate of drug-likeness (QED) is 0.290. The van der Waals surface area contributed by atoms with Gasteiger partial charge in [-0.15, -0.1) is 0 Å². The second kappa shape index (κ2) is 11.4. The van der Waals surface area contributed by atoms with E-state index in [0.717, 1.165) is 16.8 Å². The third kappa shape index (κ3) is 4.97. The van der Waals surface area contributed by atoms with Gasteiger partial charge in [-0.2, -0.15) is 4.98 Å². The van der Waals surface area contributed by atoms with Gasteiger partial charge in [0.05, 0.1) is 16.8 Å². The molecule has 9 heteroatoms. The van der Waals surface area contributed by atoms with Crippen molar-refractivity contribution in [2.45, 2.75) is 39.7 Å². The van der Waals surface area contributed by atoms with Crippen LogP contribution >= 0.6 is 11.6 Å². The molecule has 0 bridgehead atoms. The second-order valence-electron chi connectivity index (χ2n) is 10.2. The van der Waals surface area contributed by atoms with E-state index in [9.17, 15) is 14.7 Å². The molecule has 1 N–H and O–H groups in total. The molecule has 0 saturated carbocycles. The fraction of sp³-hybridized carbons (Fsp3) is 0.281. The van der Waals surface area contributed by atoms with E-state index in [1.807, 2.05) is 43.9 Å². The molecule has 7 nitrogen and oxygen atoms in total. The molecule has 1 aromatic heterocycles. The number of anilines is 1. The smallest absolute Gasteiger partial charge is 0.354 e. The molecular weight excluding hydrogens is 543 g/mol. The highest BCUT2D eigenvalue weighted by molar-refractivity contribution is 6.34. The van der Waals surface area contributed by atoms with Crippen molar-refractivity contribution in [3.63, 3.8) is 0 Å². The minimum atomic E-state index is -0.630. The maximum Gasteiger partial charge on any atom is 0.354 e. The number of aromatic nitrogens is 2. The van der Waals surface area contributed by atoms with Gasteiger partial charge in [0.1, 0.15) is 17.4 Å². The highest BCUT2D eigenvalue weighted by Gasteiger charge is 2.30. The number of nitrogens with zero attached hydrogens (tertiary/aromatic N) is 4. The predicted octanol–water partition coefficient (Wildman–Crippen LogP) is 5.90. The molecule has 1 amide bonds. The van der Waals surface area contributed by atoms with Gasteiger partial charge in [-0.25, -0.2) is 9.18 Å². The number of rotatable bonds is 6. The summed E-state index contributed by atoms with van der Waals surface area (Å²) >= 11 is 6.79. The van der Waals surface area contributed by atoms with E-state index >= 15 is 4.39 Å². The molecule has 0 unspecified atom stereocenters. The number of phenolic OH excluding ortho intramolecular Hbond substituents is 1. The Kier molecular flexibility index (Phi) is 7.87. The molecule has 4 aromatic rings. The molecule has 5 rings (SSSR count). The third-order valence-electron chi connectivity index (χ3n) is 7.80. The van der Waals surface area contributed by atoms with Crippen molar-refractivity contribution in [2.24, 2.45) is 0 Å². The van der Waals surface area contributed by atoms with E-state index in [0.29, 0.717) is 49.2 Å². The Morgan fingerprint density at radius 3 is 2.44 bits per heavy atom. The molecule has 2 heterocycles. The number of hydrogen-bond donors (Lipinski definition) is 1. The van der Waals surface area contributed by atoms with Crippen molar-refractivity contribution in [3.8, 4) is 22.6 Å². The van der Waals surface area contributed by atoms with Gasteiger partial charge in [0.25, 0.3) is 0 Å². The van der Waals surface area contributed by atoms with Gasteiger partial charge in [-0.3, -0.25) is 9.36 Å². The summed E-state index contributed by atoms with van der Waals surface area (Å²) in [6, 6.07) is 13.2. The van der Waals surface area contributed by atoms with Crippen LogP contribution in [-0.2, 0) is 17.6 Å². The van der Waals surface area contributed by atoms with Crippen LogP contribution in [0.4, 0.5) is 10.2 Å². The van der Waals surface area contributed by atoms with Crippen LogP contribution in [0.2, 0.25) is 5.02 Å². The van der Waals surface area contributed by atoms with Crippen molar-refractivity contribution in [1.82, 2.24) is 14.5 Å². The van der Waals surface area contributed by atoms with Crippen molar-refractivity contribution >= 4 is 34.2 Å². The van der Waals surface area contributed by atoms with Gasteiger partial charge in [-0.1, -0.05) is 56.3 Å². The number of aromatic hydroxyl groups is 1. The van der Waals surface area contributed by atoms with E-state index in [2.05, 4.69) is 11.6 Å². The first-order valence-electron chi connectivity index (χ1n) is 13.7. The maximum atomic E-state index is 15.1. The Hall–Kier alpha value is -4.17. The van der Waals surface area contributed by atoms with E-state index in [1.165, 1.54) is 24.3 Å². The van der Waals surface area contributed by atoms with Gasteiger partial charge in [-0.05, 0) is 61.2 Å². The number of aryl methyl sites for hydroxylation is 2. The van der Waals surface area contributed by atoms with Gasteiger partial charge < -0.3 is 14.9 Å². The third-order valence-corrected chi connectivity index (χ3v) is 8.11. The summed E-state index contributed by atoms with van der Waals surface area (Å²) in [6.07, 6.45) is 2.67. The zero-order valence-electron chi connectivity index (χ0n) is 23.3. The van der Waals surface area contributed by atoms with Gasteiger partial charge in [0.15, 0.2) is 0 Å². The number of carbonyl (C=O) groups is 1. The number of halogens is 2. The number of benzene rings is 3. The maximum absolute atomic E-state index is 15.1. The summed E-state index contributed by atoms with van der Waals surface area (Å²) in [6.45, 7) is 10.9. The summed E-state index contributed by atoms with van der Waals surface area (Å²) in [5.41, 5.74) is 2.92. The Morgan fingerprint density at radius 2 is 1.83 bits per heavy atom. The normalized spacial score (nSPS) is 15.4. The number of hydrogen-bond acceptors (Lipinski definition) is 5. The van der Waals surface area contributed by atoms with Crippen LogP contribution in [0.15, 0.2) is 66.0 Å². The molecule has 1 aliphatic rings. The average molecular weight is 575 g/mol. The number of piperazine rings is 1. The zero-order valence-corrected chi connectivity index (χ0v) is 24.1. The van der Waals surface area contributed by atoms with Crippen molar-refractivity contribution in [3.05, 3.63) is 93.6 Å². The lowest BCUT2D eigenvalue weighted by Gasteiger charge is -2.40. The highest BCUT2D eigenvalue weighted by Crippen LogP contribution is 2.41. The molecule has 1 saturated heterocycles. The average Bonchev–Trinajstić information content (AvgIpc) is 2.96. The predicted molar refractivity (Wildman–Crippen MR) is 162 cm³/mol. The van der Waals surface area contributed by atoms with Crippen molar-refractivity contribution < 1.29 is 14.3 Å². The Bertz CT molecular complexity index is 1690. The number of fused-ring (bicyclic) bond motifs is 1. The Labute approximate surface area is 243 Å². The standard InChI is InChI=1S/C32H32ClFN4O3/c1-5-20-10-8-11-21(6-2)30(20)38-26-17-22(29-25(34)12-9-13-27(29)39)24(33)16-23(26)31(35-32(38)41)37-15-14-36(18-19(37)4)28(40)7-3/h7-13,16-17,19,39H,3,5-6,14-15,18H2,1-2,4H3/t19-/m0/s1. The number of amides is 1. The Balaban J connectivity index is 1.83. The van der Waals surface area contributed by atoms with Crippen LogP contribution in [0.3, 0.4) is 0 Å². The van der Waals surface area contributed by atoms with Crippen LogP contribution in [0.5, 0.6) is 5.75 Å². The lowest BCUT2D eigenvalue weighted by molar-refractivity contribution is -0.126. The van der Waals surface area contributed by atoms with Crippen LogP contribution in [0.25, 0.3) is 27.7 Å². The highest BCUT2D eigenvalue weighted by atomic mass is 35.5. The van der Waals surface area contributed by atoms with Crippen LogP contribution in [0.1, 0.15) is 31.9 Å². The molecule has 0 radical (unpaired) electrons. The van der Waals surface area contributed by atoms with Crippen LogP contribution < -0.4 is 10.6 Å². The summed E-state index contributed by atoms with van der Waals surface area (Å²) in [5, 5.41) is 11.4. The number of para-hydroxylation sites is 1. The topological polar surface area (TPSA) is 78.7 Å². The van der Waals surface area contributed by atoms with Gasteiger partial charge in [0, 0.05) is 41.6 Å². The largest absolute Gasteiger partial charge is 0.507 e. The first-order chi connectivity index (χ1) is 19.7. The first-order valence-corrected chi connectivity index (χ1v) is 14.1. The number of phenols is 1. The van der Waals surface area contributed by atoms with E-state index in [4.69, 9.17) is 11.6 Å². The lowest BCUT2D eigenvalue weighted by atomic mass is 9.99. The Morgan fingerprint density at radius 1 is 1.15 bits per heavy atom. The molecule has 1 fully saturated rings. The van der Waals surface area contributed by atoms with Crippen LogP contribution in [0, 0.1) is 5.82 Å². The minimum absolute atomic E-state index is 0.0406. The SMILES string of the molecule is C=CC(=O)N1CCN(c2nc(=O)n(-c3c(CC)cccc3CC)c3cc(-c4c(O)cccc4F)c(Cl)cc23)[C@@H](C)C1. The molecule has 41 heavy (non-hydrogen) atoms. The lowest BCUT2D eigenvalue weighted by Crippen LogP contribution is -2.54. The summed E-state index contributed by atoms with van der Waals surface area (Å²) in [7, 11) is 0. The summed E-state index contributed by atoms with van der Waals surface area (Å²) in [4.78, 5) is 34.6. The molecule has 1 atom stereocenters. The molecule has 0 spiro atoms. The minimum Gasteiger partial charge on any atom is -0.507 e. The number of carbonyl (C=O) groups excluding carboxylic acids is 1. The van der Waals surface area contributed by atoms with Crippen LogP contribution in [-0.4, -0.2) is 51.1 Å². The fourth-order valence-electron chi connectivity index (χ4n) is 5.74.